The third-order valence-electron chi connectivity index (χ3n) is 1.04. The summed E-state index contributed by atoms with van der Waals surface area (Å²) >= 11 is 0. The van der Waals surface area contributed by atoms with Crippen molar-refractivity contribution in [3.05, 3.63) is 12.0 Å². The molecule has 0 saturated heterocycles. The predicted molar refractivity (Wildman–Crippen MR) is 45.0 cm³/mol. The van der Waals surface area contributed by atoms with Crippen LogP contribution in [0.2, 0.25) is 0 Å². The second-order valence-electron chi connectivity index (χ2n) is 2.01. The minimum absolute atomic E-state index is 0.147. The number of rotatable bonds is 2. The summed E-state index contributed by atoms with van der Waals surface area (Å²) < 4.78 is 16.0. The molecule has 0 aliphatic carbocycles. The Hall–Kier alpha value is -1.52. The van der Waals surface area contributed by atoms with Crippen molar-refractivity contribution >= 4 is 18.5 Å². The van der Waals surface area contributed by atoms with E-state index in [4.69, 9.17) is 0 Å². The van der Waals surface area contributed by atoms with E-state index in [0.717, 1.165) is 12.3 Å². The number of carbonyl (C=O) groups excluding carboxylic acids is 2. The summed E-state index contributed by atoms with van der Waals surface area (Å²) in [6, 6.07) is 0. The molecule has 0 N–H and O–H groups in total. The van der Waals surface area contributed by atoms with Crippen LogP contribution in [-0.2, 0) is 14.3 Å². The third kappa shape index (κ3) is 6.86. The zero-order valence-electron chi connectivity index (χ0n) is 7.20. The Labute approximate surface area is 75.1 Å². The summed E-state index contributed by atoms with van der Waals surface area (Å²) in [6.45, 7) is 2.66. The SMILES string of the molecule is CCOC=O.O=C1C=NC(F)=CC1. The number of ketones is 1. The van der Waals surface area contributed by atoms with Gasteiger partial charge in [-0.25, -0.2) is 4.99 Å². The van der Waals surface area contributed by atoms with Crippen LogP contribution in [0.15, 0.2) is 17.0 Å². The Balaban J connectivity index is 0.000000252. The molecule has 1 aliphatic heterocycles. The Morgan fingerprint density at radius 1 is 1.77 bits per heavy atom. The molecule has 1 rings (SSSR count). The fourth-order valence-corrected chi connectivity index (χ4v) is 0.492. The second kappa shape index (κ2) is 7.15. The van der Waals surface area contributed by atoms with Crippen LogP contribution in [0.3, 0.4) is 0 Å². The quantitative estimate of drug-likeness (QED) is 0.479. The molecule has 0 amide bonds. The molecule has 0 unspecified atom stereocenters. The highest BCUT2D eigenvalue weighted by molar-refractivity contribution is 6.28. The fourth-order valence-electron chi connectivity index (χ4n) is 0.492. The number of Topliss-reactive ketones (excluding diaryl/α,β-unsaturated/α-hetero) is 1. The van der Waals surface area contributed by atoms with Gasteiger partial charge in [0.1, 0.15) is 0 Å². The first kappa shape index (κ1) is 11.5. The number of nitrogens with zero attached hydrogens (tertiary/aromatic N) is 1. The van der Waals surface area contributed by atoms with Gasteiger partial charge in [-0.05, 0) is 13.0 Å². The Bertz CT molecular complexity index is 233. The molecule has 5 heteroatoms. The third-order valence-corrected chi connectivity index (χ3v) is 1.04. The molecule has 0 aromatic rings. The first-order valence-electron chi connectivity index (χ1n) is 3.68. The van der Waals surface area contributed by atoms with Gasteiger partial charge in [0, 0.05) is 6.42 Å². The Morgan fingerprint density at radius 3 is 2.69 bits per heavy atom. The molecule has 1 aliphatic rings. The lowest BCUT2D eigenvalue weighted by Crippen LogP contribution is -2.00. The van der Waals surface area contributed by atoms with Gasteiger partial charge < -0.3 is 4.74 Å². The lowest BCUT2D eigenvalue weighted by Gasteiger charge is -1.92. The highest BCUT2D eigenvalue weighted by Gasteiger charge is 2.01. The molecule has 4 nitrogen and oxygen atoms in total. The lowest BCUT2D eigenvalue weighted by atomic mass is 10.3. The fraction of sp³-hybridized carbons (Fsp3) is 0.375. The van der Waals surface area contributed by atoms with Gasteiger partial charge in [0.25, 0.3) is 6.47 Å². The molecular weight excluding hydrogens is 177 g/mol. The molecule has 0 atom stereocenters. The maximum absolute atomic E-state index is 11.9. The van der Waals surface area contributed by atoms with Crippen LogP contribution in [0.25, 0.3) is 0 Å². The topological polar surface area (TPSA) is 55.7 Å². The van der Waals surface area contributed by atoms with E-state index < -0.39 is 5.95 Å². The first-order valence-corrected chi connectivity index (χ1v) is 3.68. The van der Waals surface area contributed by atoms with Crippen LogP contribution >= 0.6 is 0 Å². The monoisotopic (exact) mass is 187 g/mol. The van der Waals surface area contributed by atoms with E-state index in [1.165, 1.54) is 0 Å². The summed E-state index contributed by atoms with van der Waals surface area (Å²) in [7, 11) is 0. The van der Waals surface area contributed by atoms with Crippen LogP contribution in [0, 0.1) is 0 Å². The summed E-state index contributed by atoms with van der Waals surface area (Å²) in [6.07, 6.45) is 2.30. The normalized spacial score (nSPS) is 14.0. The van der Waals surface area contributed by atoms with Crippen molar-refractivity contribution in [2.45, 2.75) is 13.3 Å². The van der Waals surface area contributed by atoms with Gasteiger partial charge in [-0.3, -0.25) is 9.59 Å². The van der Waals surface area contributed by atoms with E-state index >= 15 is 0 Å². The predicted octanol–water partition coefficient (Wildman–Crippen LogP) is 1.02. The number of aliphatic imine (C=N–C) groups is 1. The van der Waals surface area contributed by atoms with Crippen molar-refractivity contribution in [1.29, 1.82) is 0 Å². The highest BCUT2D eigenvalue weighted by atomic mass is 19.1. The molecule has 1 heterocycles. The maximum atomic E-state index is 11.9. The van der Waals surface area contributed by atoms with Gasteiger partial charge in [0.2, 0.25) is 5.95 Å². The van der Waals surface area contributed by atoms with E-state index in [2.05, 4.69) is 9.73 Å². The molecule has 0 aromatic carbocycles. The van der Waals surface area contributed by atoms with Crippen molar-refractivity contribution in [2.24, 2.45) is 4.99 Å². The number of ether oxygens (including phenoxy) is 1. The van der Waals surface area contributed by atoms with E-state index in [1.807, 2.05) is 0 Å². The number of hydrogen-bond donors (Lipinski definition) is 0. The van der Waals surface area contributed by atoms with Gasteiger partial charge in [0.05, 0.1) is 12.8 Å². The van der Waals surface area contributed by atoms with Crippen LogP contribution in [0.5, 0.6) is 0 Å². The number of hydrogen-bond acceptors (Lipinski definition) is 4. The average molecular weight is 187 g/mol. The maximum Gasteiger partial charge on any atom is 0.293 e. The minimum atomic E-state index is -0.565. The van der Waals surface area contributed by atoms with E-state index in [9.17, 15) is 14.0 Å². The zero-order chi connectivity index (χ0) is 10.1. The van der Waals surface area contributed by atoms with Gasteiger partial charge >= 0.3 is 0 Å². The van der Waals surface area contributed by atoms with Crippen LogP contribution in [-0.4, -0.2) is 25.1 Å². The second-order valence-corrected chi connectivity index (χ2v) is 2.01. The van der Waals surface area contributed by atoms with Crippen molar-refractivity contribution in [1.82, 2.24) is 0 Å². The smallest absolute Gasteiger partial charge is 0.293 e. The average Bonchev–Trinajstić information content (AvgIpc) is 2.13. The van der Waals surface area contributed by atoms with E-state index in [-0.39, 0.29) is 12.2 Å². The summed E-state index contributed by atoms with van der Waals surface area (Å²) in [5, 5.41) is 0. The number of halogens is 1. The van der Waals surface area contributed by atoms with Crippen LogP contribution in [0.4, 0.5) is 4.39 Å². The molecular formula is C8H10FNO3. The summed E-state index contributed by atoms with van der Waals surface area (Å²) in [4.78, 5) is 22.6. The zero-order valence-corrected chi connectivity index (χ0v) is 7.20. The van der Waals surface area contributed by atoms with Crippen molar-refractivity contribution in [2.75, 3.05) is 6.61 Å². The number of carbonyl (C=O) groups is 2. The number of allylic oxidation sites excluding steroid dienone is 1. The Morgan fingerprint density at radius 2 is 2.46 bits per heavy atom. The summed E-state index contributed by atoms with van der Waals surface area (Å²) in [5.41, 5.74) is 0. The van der Waals surface area contributed by atoms with Crippen LogP contribution in [0.1, 0.15) is 13.3 Å². The van der Waals surface area contributed by atoms with Gasteiger partial charge in [-0.1, -0.05) is 0 Å². The van der Waals surface area contributed by atoms with E-state index in [0.29, 0.717) is 13.1 Å². The molecule has 0 fully saturated rings. The molecule has 0 aromatic heterocycles. The summed E-state index contributed by atoms with van der Waals surface area (Å²) in [5.74, 6) is -0.712. The van der Waals surface area contributed by atoms with Gasteiger partial charge in [0.15, 0.2) is 5.78 Å². The first-order chi connectivity index (χ1) is 6.20. The van der Waals surface area contributed by atoms with Crippen molar-refractivity contribution in [3.8, 4) is 0 Å². The lowest BCUT2D eigenvalue weighted by molar-refractivity contribution is -0.128. The van der Waals surface area contributed by atoms with Crippen molar-refractivity contribution in [3.63, 3.8) is 0 Å². The molecule has 0 radical (unpaired) electrons. The largest absolute Gasteiger partial charge is 0.468 e. The minimum Gasteiger partial charge on any atom is -0.468 e. The standard InChI is InChI=1S/C5H4FNO.C3H6O2/c6-5-2-1-4(8)3-7-5;1-2-5-3-4/h2-3H,1H2;3H,2H2,1H3. The van der Waals surface area contributed by atoms with Crippen molar-refractivity contribution < 1.29 is 18.7 Å². The van der Waals surface area contributed by atoms with Crippen LogP contribution < -0.4 is 0 Å². The molecule has 0 spiro atoms. The Kier molecular flexibility index (Phi) is 6.31. The molecule has 0 bridgehead atoms. The highest BCUT2D eigenvalue weighted by Crippen LogP contribution is 2.03. The van der Waals surface area contributed by atoms with E-state index in [1.54, 1.807) is 6.92 Å². The van der Waals surface area contributed by atoms with Gasteiger partial charge in [-0.2, -0.15) is 4.39 Å². The van der Waals surface area contributed by atoms with Gasteiger partial charge in [-0.15, -0.1) is 0 Å². The molecule has 72 valence electrons. The molecule has 13 heavy (non-hydrogen) atoms. The molecule has 0 saturated carbocycles.